The molecule has 0 amide bonds. The first-order chi connectivity index (χ1) is 9.02. The number of carboxylic acids is 1. The number of phenolic OH excluding ortho intramolecular Hbond substituents is 1. The van der Waals surface area contributed by atoms with E-state index in [-0.39, 0.29) is 11.7 Å². The van der Waals surface area contributed by atoms with Gasteiger partial charge in [0.1, 0.15) is 6.04 Å². The zero-order valence-electron chi connectivity index (χ0n) is 11.2. The Balaban J connectivity index is 2.09. The molecule has 0 saturated heterocycles. The van der Waals surface area contributed by atoms with Crippen molar-refractivity contribution in [3.63, 3.8) is 0 Å². The SMILES string of the molecule is COc1cc(CN(C)C(C(=O)O)C2CC2)ccc1O. The average Bonchev–Trinajstić information content (AvgIpc) is 3.15. The number of phenols is 1. The van der Waals surface area contributed by atoms with Gasteiger partial charge in [0, 0.05) is 6.54 Å². The normalized spacial score (nSPS) is 16.4. The molecular formula is C14H19NO4. The third-order valence-corrected chi connectivity index (χ3v) is 3.47. The summed E-state index contributed by atoms with van der Waals surface area (Å²) in [5.74, 6) is -0.00710. The summed E-state index contributed by atoms with van der Waals surface area (Å²) in [6, 6.07) is 4.65. The zero-order valence-corrected chi connectivity index (χ0v) is 11.2. The maximum Gasteiger partial charge on any atom is 0.321 e. The summed E-state index contributed by atoms with van der Waals surface area (Å²) in [6.07, 6.45) is 1.97. The predicted molar refractivity (Wildman–Crippen MR) is 70.3 cm³/mol. The first-order valence-electron chi connectivity index (χ1n) is 6.32. The van der Waals surface area contributed by atoms with Crippen molar-refractivity contribution in [1.29, 1.82) is 0 Å². The summed E-state index contributed by atoms with van der Waals surface area (Å²) in [6.45, 7) is 0.518. The maximum atomic E-state index is 11.3. The van der Waals surface area contributed by atoms with Crippen molar-refractivity contribution in [2.45, 2.75) is 25.4 Å². The molecule has 1 aliphatic rings. The highest BCUT2D eigenvalue weighted by molar-refractivity contribution is 5.74. The average molecular weight is 265 g/mol. The minimum absolute atomic E-state index is 0.0888. The molecule has 1 saturated carbocycles. The van der Waals surface area contributed by atoms with Gasteiger partial charge in [0.2, 0.25) is 0 Å². The molecule has 0 radical (unpaired) electrons. The summed E-state index contributed by atoms with van der Waals surface area (Å²) in [5, 5.41) is 18.8. The summed E-state index contributed by atoms with van der Waals surface area (Å²) in [7, 11) is 3.31. The fourth-order valence-electron chi connectivity index (χ4n) is 2.37. The Morgan fingerprint density at radius 3 is 2.74 bits per heavy atom. The van der Waals surface area contributed by atoms with Crippen LogP contribution in [0.25, 0.3) is 0 Å². The highest BCUT2D eigenvalue weighted by atomic mass is 16.5. The molecule has 2 rings (SSSR count). The van der Waals surface area contributed by atoms with E-state index in [2.05, 4.69) is 0 Å². The Bertz CT molecular complexity index is 471. The highest BCUT2D eigenvalue weighted by Crippen LogP contribution is 2.36. The van der Waals surface area contributed by atoms with Crippen LogP contribution in [-0.4, -0.2) is 41.3 Å². The number of nitrogens with zero attached hydrogens (tertiary/aromatic N) is 1. The van der Waals surface area contributed by atoms with Crippen LogP contribution in [0.1, 0.15) is 18.4 Å². The smallest absolute Gasteiger partial charge is 0.321 e. The van der Waals surface area contributed by atoms with Gasteiger partial charge in [0.05, 0.1) is 7.11 Å². The fraction of sp³-hybridized carbons (Fsp3) is 0.500. The molecule has 5 heteroatoms. The van der Waals surface area contributed by atoms with Crippen LogP contribution in [0.15, 0.2) is 18.2 Å². The standard InChI is InChI=1S/C14H19NO4/c1-15(13(14(17)18)10-4-5-10)8-9-3-6-11(16)12(7-9)19-2/h3,6-7,10,13,16H,4-5,8H2,1-2H3,(H,17,18). The van der Waals surface area contributed by atoms with E-state index in [1.807, 2.05) is 11.9 Å². The van der Waals surface area contributed by atoms with Gasteiger partial charge in [-0.2, -0.15) is 0 Å². The van der Waals surface area contributed by atoms with Gasteiger partial charge in [-0.3, -0.25) is 9.69 Å². The lowest BCUT2D eigenvalue weighted by atomic mass is 10.1. The van der Waals surface area contributed by atoms with Crippen molar-refractivity contribution >= 4 is 5.97 Å². The Labute approximate surface area is 112 Å². The van der Waals surface area contributed by atoms with Crippen molar-refractivity contribution in [3.05, 3.63) is 23.8 Å². The van der Waals surface area contributed by atoms with Gasteiger partial charge in [-0.15, -0.1) is 0 Å². The van der Waals surface area contributed by atoms with E-state index in [0.29, 0.717) is 12.3 Å². The van der Waals surface area contributed by atoms with E-state index >= 15 is 0 Å². The molecule has 0 aliphatic heterocycles. The second-order valence-electron chi connectivity index (χ2n) is 5.04. The molecule has 5 nitrogen and oxygen atoms in total. The molecule has 2 N–H and O–H groups in total. The number of carbonyl (C=O) groups is 1. The fourth-order valence-corrected chi connectivity index (χ4v) is 2.37. The van der Waals surface area contributed by atoms with Gasteiger partial charge in [0.25, 0.3) is 0 Å². The van der Waals surface area contributed by atoms with E-state index < -0.39 is 12.0 Å². The molecule has 104 valence electrons. The van der Waals surface area contributed by atoms with Gasteiger partial charge in [-0.1, -0.05) is 6.07 Å². The van der Waals surface area contributed by atoms with Gasteiger partial charge in [-0.05, 0) is 43.5 Å². The van der Waals surface area contributed by atoms with Crippen LogP contribution in [0.2, 0.25) is 0 Å². The van der Waals surface area contributed by atoms with Gasteiger partial charge >= 0.3 is 5.97 Å². The quantitative estimate of drug-likeness (QED) is 0.819. The molecule has 0 spiro atoms. The number of benzene rings is 1. The number of hydrogen-bond acceptors (Lipinski definition) is 4. The molecule has 0 aromatic heterocycles. The van der Waals surface area contributed by atoms with Crippen LogP contribution in [0.3, 0.4) is 0 Å². The van der Waals surface area contributed by atoms with Crippen molar-refractivity contribution in [1.82, 2.24) is 4.90 Å². The third kappa shape index (κ3) is 3.17. The van der Waals surface area contributed by atoms with Crippen molar-refractivity contribution in [2.24, 2.45) is 5.92 Å². The largest absolute Gasteiger partial charge is 0.504 e. The summed E-state index contributed by atoms with van der Waals surface area (Å²) in [4.78, 5) is 13.1. The van der Waals surface area contributed by atoms with Crippen LogP contribution in [0.4, 0.5) is 0 Å². The number of aromatic hydroxyl groups is 1. The van der Waals surface area contributed by atoms with Crippen LogP contribution in [-0.2, 0) is 11.3 Å². The number of hydrogen-bond donors (Lipinski definition) is 2. The van der Waals surface area contributed by atoms with Gasteiger partial charge in [0.15, 0.2) is 11.5 Å². The number of methoxy groups -OCH3 is 1. The molecule has 1 fully saturated rings. The molecule has 0 bridgehead atoms. The van der Waals surface area contributed by atoms with Crippen LogP contribution in [0, 0.1) is 5.92 Å². The number of ether oxygens (including phenoxy) is 1. The minimum atomic E-state index is -0.768. The lowest BCUT2D eigenvalue weighted by Gasteiger charge is -2.24. The second kappa shape index (κ2) is 5.48. The number of aliphatic carboxylic acids is 1. The zero-order chi connectivity index (χ0) is 14.0. The highest BCUT2D eigenvalue weighted by Gasteiger charge is 2.38. The molecule has 1 unspecified atom stereocenters. The maximum absolute atomic E-state index is 11.3. The molecule has 1 aromatic rings. The molecule has 0 heterocycles. The Kier molecular flexibility index (Phi) is 3.95. The minimum Gasteiger partial charge on any atom is -0.504 e. The topological polar surface area (TPSA) is 70.0 Å². The van der Waals surface area contributed by atoms with Crippen molar-refractivity contribution in [2.75, 3.05) is 14.2 Å². The van der Waals surface area contributed by atoms with E-state index in [0.717, 1.165) is 18.4 Å². The van der Waals surface area contributed by atoms with Crippen LogP contribution >= 0.6 is 0 Å². The second-order valence-corrected chi connectivity index (χ2v) is 5.04. The molecular weight excluding hydrogens is 246 g/mol. The number of likely N-dealkylation sites (N-methyl/N-ethyl adjacent to an activating group) is 1. The molecule has 19 heavy (non-hydrogen) atoms. The van der Waals surface area contributed by atoms with E-state index in [9.17, 15) is 15.0 Å². The molecule has 1 atom stereocenters. The molecule has 1 aromatic carbocycles. The van der Waals surface area contributed by atoms with Crippen LogP contribution < -0.4 is 4.74 Å². The lowest BCUT2D eigenvalue weighted by molar-refractivity contribution is -0.143. The van der Waals surface area contributed by atoms with Crippen molar-refractivity contribution in [3.8, 4) is 11.5 Å². The lowest BCUT2D eigenvalue weighted by Crippen LogP contribution is -2.39. The summed E-state index contributed by atoms with van der Waals surface area (Å²) in [5.41, 5.74) is 0.920. The Morgan fingerprint density at radius 2 is 2.21 bits per heavy atom. The van der Waals surface area contributed by atoms with Gasteiger partial charge < -0.3 is 14.9 Å². The summed E-state index contributed by atoms with van der Waals surface area (Å²) < 4.78 is 5.05. The van der Waals surface area contributed by atoms with E-state index in [4.69, 9.17) is 4.74 Å². The van der Waals surface area contributed by atoms with Crippen LogP contribution in [0.5, 0.6) is 11.5 Å². The Morgan fingerprint density at radius 1 is 1.53 bits per heavy atom. The van der Waals surface area contributed by atoms with Crippen molar-refractivity contribution < 1.29 is 19.7 Å². The molecule has 1 aliphatic carbocycles. The third-order valence-electron chi connectivity index (χ3n) is 3.47. The monoisotopic (exact) mass is 265 g/mol. The first-order valence-corrected chi connectivity index (χ1v) is 6.32. The van der Waals surface area contributed by atoms with E-state index in [1.165, 1.54) is 7.11 Å². The Hall–Kier alpha value is -1.75. The first kappa shape index (κ1) is 13.7. The summed E-state index contributed by atoms with van der Waals surface area (Å²) >= 11 is 0. The predicted octanol–water partition coefficient (Wildman–Crippen LogP) is 1.70. The van der Waals surface area contributed by atoms with E-state index in [1.54, 1.807) is 18.2 Å². The number of carboxylic acid groups (broad SMARTS) is 1. The number of rotatable bonds is 6. The van der Waals surface area contributed by atoms with Gasteiger partial charge in [-0.25, -0.2) is 0 Å².